The monoisotopic (exact) mass is 291 g/mol. The maximum atomic E-state index is 5.25. The number of unbranched alkanes of at least 4 members (excludes halogenated alkanes) is 1. The van der Waals surface area contributed by atoms with Gasteiger partial charge in [0, 0.05) is 36.5 Å². The third kappa shape index (κ3) is 4.10. The van der Waals surface area contributed by atoms with Crippen LogP contribution in [0.5, 0.6) is 0 Å². The zero-order chi connectivity index (χ0) is 14.2. The summed E-state index contributed by atoms with van der Waals surface area (Å²) in [7, 11) is 1.71. The van der Waals surface area contributed by atoms with E-state index in [4.69, 9.17) is 4.74 Å². The number of nitrogens with zero attached hydrogens (tertiary/aromatic N) is 2. The molecule has 0 radical (unpaired) electrons. The highest BCUT2D eigenvalue weighted by Crippen LogP contribution is 2.28. The number of nitrogens with one attached hydrogen (secondary N) is 1. The van der Waals surface area contributed by atoms with Crippen LogP contribution in [0.1, 0.15) is 30.3 Å². The van der Waals surface area contributed by atoms with E-state index in [2.05, 4.69) is 22.2 Å². The minimum atomic E-state index is 0.557. The topological polar surface area (TPSA) is 47.0 Å². The van der Waals surface area contributed by atoms with Gasteiger partial charge in [-0.25, -0.2) is 4.98 Å². The molecule has 2 rings (SSSR count). The van der Waals surface area contributed by atoms with Crippen molar-refractivity contribution < 1.29 is 4.74 Å². The van der Waals surface area contributed by atoms with E-state index in [9.17, 15) is 0 Å². The van der Waals surface area contributed by atoms with Gasteiger partial charge in [0.2, 0.25) is 0 Å². The summed E-state index contributed by atoms with van der Waals surface area (Å²) in [4.78, 5) is 10.1. The molecule has 4 nitrogen and oxygen atoms in total. The Balaban J connectivity index is 2.11. The molecule has 0 spiro atoms. The molecule has 2 aromatic rings. The number of pyridine rings is 1. The predicted octanol–water partition coefficient (Wildman–Crippen LogP) is 3.24. The van der Waals surface area contributed by atoms with Gasteiger partial charge in [0.25, 0.3) is 0 Å². The number of methoxy groups -OCH3 is 1. The number of hydrogen-bond acceptors (Lipinski definition) is 5. The molecule has 2 aromatic heterocycles. The smallest absolute Gasteiger partial charge is 0.125 e. The molecule has 0 aliphatic heterocycles. The zero-order valence-corrected chi connectivity index (χ0v) is 12.9. The van der Waals surface area contributed by atoms with E-state index in [1.165, 1.54) is 17.7 Å². The molecule has 0 saturated carbocycles. The Hall–Kier alpha value is -1.30. The van der Waals surface area contributed by atoms with Crippen molar-refractivity contribution in [2.75, 3.05) is 13.7 Å². The van der Waals surface area contributed by atoms with Crippen LogP contribution >= 0.6 is 11.3 Å². The van der Waals surface area contributed by atoms with E-state index in [0.717, 1.165) is 29.4 Å². The van der Waals surface area contributed by atoms with Gasteiger partial charge in [-0.2, -0.15) is 0 Å². The van der Waals surface area contributed by atoms with Gasteiger partial charge >= 0.3 is 0 Å². The van der Waals surface area contributed by atoms with Gasteiger partial charge in [0.1, 0.15) is 5.01 Å². The molecule has 0 aromatic carbocycles. The molecule has 0 aliphatic rings. The summed E-state index contributed by atoms with van der Waals surface area (Å²) in [5, 5.41) is 4.48. The van der Waals surface area contributed by atoms with Gasteiger partial charge in [0.15, 0.2) is 0 Å². The second kappa shape index (κ2) is 8.09. The van der Waals surface area contributed by atoms with Crippen LogP contribution in [0, 0.1) is 0 Å². The summed E-state index contributed by atoms with van der Waals surface area (Å²) in [6.07, 6.45) is 6.04. The molecule has 1 N–H and O–H groups in total. The van der Waals surface area contributed by atoms with Crippen LogP contribution in [0.25, 0.3) is 10.6 Å². The van der Waals surface area contributed by atoms with Crippen molar-refractivity contribution in [3.8, 4) is 10.6 Å². The van der Waals surface area contributed by atoms with E-state index >= 15 is 0 Å². The van der Waals surface area contributed by atoms with Crippen LogP contribution in [0.2, 0.25) is 0 Å². The Morgan fingerprint density at radius 2 is 2.30 bits per heavy atom. The van der Waals surface area contributed by atoms with E-state index in [-0.39, 0.29) is 0 Å². The summed E-state index contributed by atoms with van der Waals surface area (Å²) in [5.74, 6) is 0. The van der Waals surface area contributed by atoms with Crippen LogP contribution in [0.3, 0.4) is 0 Å². The third-order valence-electron chi connectivity index (χ3n) is 2.96. The van der Waals surface area contributed by atoms with Crippen molar-refractivity contribution in [1.82, 2.24) is 15.3 Å². The zero-order valence-electron chi connectivity index (χ0n) is 12.1. The Morgan fingerprint density at radius 3 is 3.00 bits per heavy atom. The SMILES string of the molecule is CCCCNCc1sc(-c2cccnc2)nc1COC. The number of ether oxygens (including phenoxy) is 1. The maximum absolute atomic E-state index is 5.25. The van der Waals surface area contributed by atoms with Crippen molar-refractivity contribution in [2.24, 2.45) is 0 Å². The first-order valence-corrected chi connectivity index (χ1v) is 7.75. The Labute approximate surface area is 124 Å². The van der Waals surface area contributed by atoms with Crippen molar-refractivity contribution >= 4 is 11.3 Å². The highest BCUT2D eigenvalue weighted by Gasteiger charge is 2.12. The normalized spacial score (nSPS) is 10.9. The van der Waals surface area contributed by atoms with Crippen molar-refractivity contribution in [3.63, 3.8) is 0 Å². The van der Waals surface area contributed by atoms with Crippen LogP contribution in [0.4, 0.5) is 0 Å². The van der Waals surface area contributed by atoms with Gasteiger partial charge in [-0.15, -0.1) is 11.3 Å². The summed E-state index contributed by atoms with van der Waals surface area (Å²) in [5.41, 5.74) is 2.09. The van der Waals surface area contributed by atoms with Crippen molar-refractivity contribution in [3.05, 3.63) is 35.1 Å². The highest BCUT2D eigenvalue weighted by molar-refractivity contribution is 7.15. The fraction of sp³-hybridized carbons (Fsp3) is 0.467. The van der Waals surface area contributed by atoms with Crippen LogP contribution in [0.15, 0.2) is 24.5 Å². The van der Waals surface area contributed by atoms with Crippen LogP contribution < -0.4 is 5.32 Å². The molecule has 0 amide bonds. The molecular weight excluding hydrogens is 270 g/mol. The van der Waals surface area contributed by atoms with Crippen LogP contribution in [-0.2, 0) is 17.9 Å². The highest BCUT2D eigenvalue weighted by atomic mass is 32.1. The molecule has 108 valence electrons. The molecule has 20 heavy (non-hydrogen) atoms. The van der Waals surface area contributed by atoms with Crippen molar-refractivity contribution in [2.45, 2.75) is 32.9 Å². The largest absolute Gasteiger partial charge is 0.378 e. The fourth-order valence-corrected chi connectivity index (χ4v) is 2.91. The average Bonchev–Trinajstić information content (AvgIpc) is 2.88. The van der Waals surface area contributed by atoms with Gasteiger partial charge in [0.05, 0.1) is 12.3 Å². The lowest BCUT2D eigenvalue weighted by Crippen LogP contribution is -2.14. The lowest BCUT2D eigenvalue weighted by molar-refractivity contribution is 0.181. The quantitative estimate of drug-likeness (QED) is 0.758. The first-order chi connectivity index (χ1) is 9.85. The van der Waals surface area contributed by atoms with Crippen LogP contribution in [-0.4, -0.2) is 23.6 Å². The molecule has 0 atom stereocenters. The molecule has 0 aliphatic carbocycles. The first kappa shape index (κ1) is 15.1. The number of rotatable bonds is 8. The van der Waals surface area contributed by atoms with E-state index < -0.39 is 0 Å². The molecule has 2 heterocycles. The predicted molar refractivity (Wildman–Crippen MR) is 82.7 cm³/mol. The van der Waals surface area contributed by atoms with E-state index in [0.29, 0.717) is 6.61 Å². The lowest BCUT2D eigenvalue weighted by atomic mass is 10.3. The average molecular weight is 291 g/mol. The molecule has 5 heteroatoms. The number of thiazole rings is 1. The first-order valence-electron chi connectivity index (χ1n) is 6.93. The Bertz CT molecular complexity index is 513. The molecule has 0 saturated heterocycles. The Morgan fingerprint density at radius 1 is 1.40 bits per heavy atom. The molecule has 0 fully saturated rings. The minimum Gasteiger partial charge on any atom is -0.378 e. The summed E-state index contributed by atoms with van der Waals surface area (Å²) >= 11 is 1.72. The summed E-state index contributed by atoms with van der Waals surface area (Å²) in [6.45, 7) is 4.66. The van der Waals surface area contributed by atoms with Crippen molar-refractivity contribution in [1.29, 1.82) is 0 Å². The standard InChI is InChI=1S/C15H21N3OS/c1-3-4-7-17-10-14-13(11-19-2)18-15(20-14)12-6-5-8-16-9-12/h5-6,8-9,17H,3-4,7,10-11H2,1-2H3. The Kier molecular flexibility index (Phi) is 6.11. The number of hydrogen-bond donors (Lipinski definition) is 1. The molecule has 0 unspecified atom stereocenters. The minimum absolute atomic E-state index is 0.557. The van der Waals surface area contributed by atoms with Gasteiger partial charge in [-0.05, 0) is 25.1 Å². The maximum Gasteiger partial charge on any atom is 0.125 e. The second-order valence-corrected chi connectivity index (χ2v) is 5.68. The third-order valence-corrected chi connectivity index (χ3v) is 4.11. The van der Waals surface area contributed by atoms with E-state index in [1.54, 1.807) is 24.6 Å². The summed E-state index contributed by atoms with van der Waals surface area (Å²) < 4.78 is 5.25. The second-order valence-electron chi connectivity index (χ2n) is 4.59. The van der Waals surface area contributed by atoms with E-state index in [1.807, 2.05) is 18.3 Å². The fourth-order valence-electron chi connectivity index (χ4n) is 1.89. The lowest BCUT2D eigenvalue weighted by Gasteiger charge is -2.03. The summed E-state index contributed by atoms with van der Waals surface area (Å²) in [6, 6.07) is 3.97. The molecule has 0 bridgehead atoms. The molecular formula is C15H21N3OS. The number of aromatic nitrogens is 2. The van der Waals surface area contributed by atoms with Gasteiger partial charge in [-0.1, -0.05) is 13.3 Å². The van der Waals surface area contributed by atoms with Gasteiger partial charge < -0.3 is 10.1 Å². The van der Waals surface area contributed by atoms with Gasteiger partial charge in [-0.3, -0.25) is 4.98 Å².